The molecule has 0 aliphatic carbocycles. The lowest BCUT2D eigenvalue weighted by Gasteiger charge is -2.18. The zero-order chi connectivity index (χ0) is 13.1. The number of anilines is 1. The molecule has 0 amide bonds. The predicted octanol–water partition coefficient (Wildman–Crippen LogP) is 5.07. The first kappa shape index (κ1) is 13.1. The van der Waals surface area contributed by atoms with Gasteiger partial charge in [-0.25, -0.2) is 4.39 Å². The number of halogens is 2. The van der Waals surface area contributed by atoms with Gasteiger partial charge in [-0.15, -0.1) is 0 Å². The summed E-state index contributed by atoms with van der Waals surface area (Å²) in [6.07, 6.45) is 0. The number of rotatable bonds is 3. The summed E-state index contributed by atoms with van der Waals surface area (Å²) in [5.74, 6) is -0.246. The molecule has 1 N–H and O–H groups in total. The van der Waals surface area contributed by atoms with Crippen molar-refractivity contribution in [1.29, 1.82) is 0 Å². The van der Waals surface area contributed by atoms with Crippen molar-refractivity contribution in [2.24, 2.45) is 0 Å². The molecule has 3 heteroatoms. The molecule has 0 radical (unpaired) electrons. The summed E-state index contributed by atoms with van der Waals surface area (Å²) in [5.41, 5.74) is 3.40. The predicted molar refractivity (Wildman–Crippen MR) is 77.3 cm³/mol. The average molecular weight is 308 g/mol. The van der Waals surface area contributed by atoms with Gasteiger partial charge in [-0.1, -0.05) is 24.3 Å². The van der Waals surface area contributed by atoms with Crippen LogP contribution >= 0.6 is 15.9 Å². The van der Waals surface area contributed by atoms with E-state index < -0.39 is 0 Å². The quantitative estimate of drug-likeness (QED) is 0.834. The second-order valence-corrected chi connectivity index (χ2v) is 5.21. The molecule has 94 valence electrons. The van der Waals surface area contributed by atoms with E-state index in [0.717, 1.165) is 5.69 Å². The maximum atomic E-state index is 13.1. The topological polar surface area (TPSA) is 12.0 Å². The van der Waals surface area contributed by atoms with Gasteiger partial charge in [0, 0.05) is 11.7 Å². The molecule has 0 saturated carbocycles. The SMILES string of the molecule is Cc1ccccc1C(C)Nc1ccc(F)c(Br)c1. The van der Waals surface area contributed by atoms with E-state index in [1.54, 1.807) is 12.1 Å². The Kier molecular flexibility index (Phi) is 4.02. The molecule has 0 aromatic heterocycles. The van der Waals surface area contributed by atoms with Crippen molar-refractivity contribution < 1.29 is 4.39 Å². The molecule has 1 unspecified atom stereocenters. The van der Waals surface area contributed by atoms with Crippen molar-refractivity contribution in [3.63, 3.8) is 0 Å². The summed E-state index contributed by atoms with van der Waals surface area (Å²) >= 11 is 3.19. The van der Waals surface area contributed by atoms with E-state index in [1.807, 2.05) is 12.1 Å². The Balaban J connectivity index is 2.19. The number of hydrogen-bond donors (Lipinski definition) is 1. The van der Waals surface area contributed by atoms with Gasteiger partial charge in [-0.2, -0.15) is 0 Å². The van der Waals surface area contributed by atoms with Gasteiger partial charge in [0.05, 0.1) is 4.47 Å². The van der Waals surface area contributed by atoms with Crippen molar-refractivity contribution in [3.8, 4) is 0 Å². The second-order valence-electron chi connectivity index (χ2n) is 4.35. The first-order valence-corrected chi connectivity index (χ1v) is 6.64. The van der Waals surface area contributed by atoms with Gasteiger partial charge < -0.3 is 5.32 Å². The fourth-order valence-corrected chi connectivity index (χ4v) is 2.37. The minimum Gasteiger partial charge on any atom is -0.378 e. The molecular weight excluding hydrogens is 293 g/mol. The van der Waals surface area contributed by atoms with Gasteiger partial charge in [0.1, 0.15) is 5.82 Å². The third-order valence-corrected chi connectivity index (χ3v) is 3.57. The van der Waals surface area contributed by atoms with Crippen LogP contribution in [0.5, 0.6) is 0 Å². The van der Waals surface area contributed by atoms with Crippen LogP contribution in [-0.4, -0.2) is 0 Å². The monoisotopic (exact) mass is 307 g/mol. The first-order chi connectivity index (χ1) is 8.58. The van der Waals surface area contributed by atoms with Crippen LogP contribution in [0.3, 0.4) is 0 Å². The Morgan fingerprint density at radius 2 is 1.89 bits per heavy atom. The summed E-state index contributed by atoms with van der Waals surface area (Å²) < 4.78 is 13.6. The van der Waals surface area contributed by atoms with Gasteiger partial charge in [0.2, 0.25) is 0 Å². The minimum atomic E-state index is -0.246. The highest BCUT2D eigenvalue weighted by molar-refractivity contribution is 9.10. The van der Waals surface area contributed by atoms with Crippen LogP contribution in [0.15, 0.2) is 46.9 Å². The summed E-state index contributed by atoms with van der Waals surface area (Å²) in [7, 11) is 0. The van der Waals surface area contributed by atoms with Crippen molar-refractivity contribution in [2.45, 2.75) is 19.9 Å². The summed E-state index contributed by atoms with van der Waals surface area (Å²) in [4.78, 5) is 0. The number of hydrogen-bond acceptors (Lipinski definition) is 1. The molecule has 0 spiro atoms. The van der Waals surface area contributed by atoms with Crippen molar-refractivity contribution in [2.75, 3.05) is 5.32 Å². The van der Waals surface area contributed by atoms with Crippen molar-refractivity contribution >= 4 is 21.6 Å². The molecule has 2 rings (SSSR count). The van der Waals surface area contributed by atoms with Gasteiger partial charge in [0.15, 0.2) is 0 Å². The highest BCUT2D eigenvalue weighted by Gasteiger charge is 2.08. The second kappa shape index (κ2) is 5.53. The molecule has 18 heavy (non-hydrogen) atoms. The molecule has 0 aliphatic rings. The highest BCUT2D eigenvalue weighted by atomic mass is 79.9. The molecule has 0 aliphatic heterocycles. The zero-order valence-corrected chi connectivity index (χ0v) is 12.0. The molecule has 2 aromatic rings. The van der Waals surface area contributed by atoms with Gasteiger partial charge >= 0.3 is 0 Å². The Hall–Kier alpha value is -1.35. The lowest BCUT2D eigenvalue weighted by Crippen LogP contribution is -2.08. The van der Waals surface area contributed by atoms with Crippen molar-refractivity contribution in [1.82, 2.24) is 0 Å². The number of aryl methyl sites for hydroxylation is 1. The van der Waals surface area contributed by atoms with E-state index in [4.69, 9.17) is 0 Å². The Morgan fingerprint density at radius 1 is 1.17 bits per heavy atom. The largest absolute Gasteiger partial charge is 0.378 e. The molecule has 0 heterocycles. The smallest absolute Gasteiger partial charge is 0.137 e. The first-order valence-electron chi connectivity index (χ1n) is 5.85. The number of benzene rings is 2. The van der Waals surface area contributed by atoms with E-state index in [1.165, 1.54) is 17.2 Å². The average Bonchev–Trinajstić information content (AvgIpc) is 2.34. The molecule has 1 atom stereocenters. The standard InChI is InChI=1S/C15H15BrFN/c1-10-5-3-4-6-13(10)11(2)18-12-7-8-15(17)14(16)9-12/h3-9,11,18H,1-2H3. The molecule has 0 fully saturated rings. The summed E-state index contributed by atoms with van der Waals surface area (Å²) in [6.45, 7) is 4.19. The molecular formula is C15H15BrFN. The summed E-state index contributed by atoms with van der Waals surface area (Å²) in [5, 5.41) is 3.37. The van der Waals surface area contributed by atoms with Crippen LogP contribution in [0.1, 0.15) is 24.1 Å². The Bertz CT molecular complexity index is 554. The van der Waals surface area contributed by atoms with Crippen molar-refractivity contribution in [3.05, 3.63) is 63.9 Å². The van der Waals surface area contributed by atoms with Crippen LogP contribution in [0.25, 0.3) is 0 Å². The fourth-order valence-electron chi connectivity index (χ4n) is 1.99. The van der Waals surface area contributed by atoms with Crippen LogP contribution in [0.2, 0.25) is 0 Å². The van der Waals surface area contributed by atoms with Gasteiger partial charge in [-0.05, 0) is 59.1 Å². The van der Waals surface area contributed by atoms with Crippen LogP contribution in [0.4, 0.5) is 10.1 Å². The number of nitrogens with one attached hydrogen (secondary N) is 1. The van der Waals surface area contributed by atoms with E-state index in [2.05, 4.69) is 47.2 Å². The van der Waals surface area contributed by atoms with E-state index >= 15 is 0 Å². The summed E-state index contributed by atoms with van der Waals surface area (Å²) in [6, 6.07) is 13.4. The molecule has 1 nitrogen and oxygen atoms in total. The van der Waals surface area contributed by atoms with Crippen LogP contribution in [0, 0.1) is 12.7 Å². The highest BCUT2D eigenvalue weighted by Crippen LogP contribution is 2.25. The van der Waals surface area contributed by atoms with Crippen LogP contribution < -0.4 is 5.32 Å². The normalized spacial score (nSPS) is 12.2. The molecule has 2 aromatic carbocycles. The maximum absolute atomic E-state index is 13.1. The minimum absolute atomic E-state index is 0.184. The van der Waals surface area contributed by atoms with E-state index in [-0.39, 0.29) is 11.9 Å². The zero-order valence-electron chi connectivity index (χ0n) is 10.4. The lowest BCUT2D eigenvalue weighted by molar-refractivity contribution is 0.621. The lowest BCUT2D eigenvalue weighted by atomic mass is 10.0. The molecule has 0 bridgehead atoms. The molecule has 0 saturated heterocycles. The van der Waals surface area contributed by atoms with E-state index in [9.17, 15) is 4.39 Å². The third kappa shape index (κ3) is 2.91. The third-order valence-electron chi connectivity index (χ3n) is 2.96. The fraction of sp³-hybridized carbons (Fsp3) is 0.200. The maximum Gasteiger partial charge on any atom is 0.137 e. The van der Waals surface area contributed by atoms with Gasteiger partial charge in [0.25, 0.3) is 0 Å². The van der Waals surface area contributed by atoms with Gasteiger partial charge in [-0.3, -0.25) is 0 Å². The van der Waals surface area contributed by atoms with E-state index in [0.29, 0.717) is 4.47 Å². The Labute approximate surface area is 115 Å². The Morgan fingerprint density at radius 3 is 2.56 bits per heavy atom. The van der Waals surface area contributed by atoms with Crippen LogP contribution in [-0.2, 0) is 0 Å².